The van der Waals surface area contributed by atoms with Gasteiger partial charge in [-0.3, -0.25) is 4.98 Å². The second-order valence-electron chi connectivity index (χ2n) is 10.3. The van der Waals surface area contributed by atoms with Crippen molar-refractivity contribution >= 4 is 37.7 Å². The number of rotatable bonds is 3. The Bertz CT molecular complexity index is 1670. The number of hydrogen-bond donors (Lipinski definition) is 0. The maximum atomic E-state index is 4.70. The van der Waals surface area contributed by atoms with Crippen LogP contribution in [-0.4, -0.2) is 9.55 Å². The number of nitrogens with zero attached hydrogens (tertiary/aromatic N) is 2. The van der Waals surface area contributed by atoms with Crippen LogP contribution in [0.4, 0.5) is 0 Å². The Morgan fingerprint density at radius 3 is 1.92 bits per heavy atom. The van der Waals surface area contributed by atoms with Gasteiger partial charge in [-0.2, -0.15) is 0 Å². The SMILES string of the molecule is CC(C)(C)c1cc(Br)cc(-c2cc(-c3ccc(-n4c5ccccc5c5ccccc54)cc3)ccn2)c1. The van der Waals surface area contributed by atoms with Crippen molar-refractivity contribution in [2.24, 2.45) is 0 Å². The highest BCUT2D eigenvalue weighted by Gasteiger charge is 2.16. The molecular weight excluding hydrogens is 504 g/mol. The molecule has 176 valence electrons. The molecule has 2 aromatic heterocycles. The van der Waals surface area contributed by atoms with Crippen LogP contribution in [0.2, 0.25) is 0 Å². The lowest BCUT2D eigenvalue weighted by atomic mass is 9.86. The van der Waals surface area contributed by atoms with E-state index >= 15 is 0 Å². The summed E-state index contributed by atoms with van der Waals surface area (Å²) >= 11 is 3.70. The van der Waals surface area contributed by atoms with Crippen LogP contribution in [0.25, 0.3) is 49.9 Å². The van der Waals surface area contributed by atoms with E-state index in [2.05, 4.69) is 144 Å². The van der Waals surface area contributed by atoms with Crippen LogP contribution >= 0.6 is 15.9 Å². The van der Waals surface area contributed by atoms with E-state index < -0.39 is 0 Å². The number of halogens is 1. The zero-order valence-corrected chi connectivity index (χ0v) is 22.3. The molecule has 0 radical (unpaired) electrons. The first kappa shape index (κ1) is 22.8. The quantitative estimate of drug-likeness (QED) is 0.222. The Labute approximate surface area is 220 Å². The molecule has 6 aromatic rings. The van der Waals surface area contributed by atoms with Crippen molar-refractivity contribution < 1.29 is 0 Å². The molecule has 36 heavy (non-hydrogen) atoms. The fourth-order valence-corrected chi connectivity index (χ4v) is 5.44. The van der Waals surface area contributed by atoms with Crippen LogP contribution in [0.15, 0.2) is 114 Å². The Kier molecular flexibility index (Phi) is 5.54. The average Bonchev–Trinajstić information content (AvgIpc) is 3.22. The number of benzene rings is 4. The average molecular weight is 531 g/mol. The number of para-hydroxylation sites is 2. The molecule has 4 aromatic carbocycles. The van der Waals surface area contributed by atoms with E-state index in [0.29, 0.717) is 0 Å². The summed E-state index contributed by atoms with van der Waals surface area (Å²) in [5.41, 5.74) is 9.40. The third-order valence-corrected chi connectivity index (χ3v) is 7.32. The van der Waals surface area contributed by atoms with Gasteiger partial charge in [-0.25, -0.2) is 0 Å². The number of pyridine rings is 1. The largest absolute Gasteiger partial charge is 0.309 e. The minimum atomic E-state index is 0.0682. The highest BCUT2D eigenvalue weighted by Crippen LogP contribution is 2.34. The van der Waals surface area contributed by atoms with Crippen LogP contribution < -0.4 is 0 Å². The molecule has 0 saturated heterocycles. The molecule has 0 aliphatic rings. The van der Waals surface area contributed by atoms with E-state index in [-0.39, 0.29) is 5.41 Å². The Morgan fingerprint density at radius 2 is 1.28 bits per heavy atom. The molecule has 2 heterocycles. The van der Waals surface area contributed by atoms with Crippen molar-refractivity contribution in [3.8, 4) is 28.1 Å². The smallest absolute Gasteiger partial charge is 0.0708 e. The van der Waals surface area contributed by atoms with Gasteiger partial charge in [0.15, 0.2) is 0 Å². The summed E-state index contributed by atoms with van der Waals surface area (Å²) in [6.45, 7) is 6.71. The van der Waals surface area contributed by atoms with E-state index in [0.717, 1.165) is 27.0 Å². The second-order valence-corrected chi connectivity index (χ2v) is 11.2. The lowest BCUT2D eigenvalue weighted by molar-refractivity contribution is 0.590. The van der Waals surface area contributed by atoms with Gasteiger partial charge in [0.1, 0.15) is 0 Å². The monoisotopic (exact) mass is 530 g/mol. The molecule has 0 bridgehead atoms. The number of aromatic nitrogens is 2. The molecule has 0 aliphatic carbocycles. The summed E-state index contributed by atoms with van der Waals surface area (Å²) in [6.07, 6.45) is 1.91. The van der Waals surface area contributed by atoms with Crippen molar-refractivity contribution in [3.05, 3.63) is 119 Å². The number of fused-ring (bicyclic) bond motifs is 3. The molecular formula is C33H27BrN2. The third kappa shape index (κ3) is 4.04. The maximum Gasteiger partial charge on any atom is 0.0708 e. The Morgan fingerprint density at radius 1 is 0.639 bits per heavy atom. The summed E-state index contributed by atoms with van der Waals surface area (Å²) in [6, 6.07) is 36.9. The van der Waals surface area contributed by atoms with Crippen molar-refractivity contribution in [1.29, 1.82) is 0 Å². The van der Waals surface area contributed by atoms with Gasteiger partial charge in [0, 0.05) is 32.7 Å². The van der Waals surface area contributed by atoms with Crippen molar-refractivity contribution in [1.82, 2.24) is 9.55 Å². The van der Waals surface area contributed by atoms with E-state index in [4.69, 9.17) is 4.98 Å². The maximum absolute atomic E-state index is 4.70. The second kappa shape index (κ2) is 8.76. The molecule has 6 rings (SSSR count). The molecule has 0 unspecified atom stereocenters. The minimum absolute atomic E-state index is 0.0682. The van der Waals surface area contributed by atoms with Crippen LogP contribution in [0.5, 0.6) is 0 Å². The molecule has 2 nitrogen and oxygen atoms in total. The van der Waals surface area contributed by atoms with Gasteiger partial charge in [0.25, 0.3) is 0 Å². The van der Waals surface area contributed by atoms with Crippen molar-refractivity contribution in [2.75, 3.05) is 0 Å². The molecule has 0 atom stereocenters. The zero-order chi connectivity index (χ0) is 24.9. The van der Waals surface area contributed by atoms with Gasteiger partial charge < -0.3 is 4.57 Å². The summed E-state index contributed by atoms with van der Waals surface area (Å²) in [5, 5.41) is 2.55. The summed E-state index contributed by atoms with van der Waals surface area (Å²) in [7, 11) is 0. The fourth-order valence-electron chi connectivity index (χ4n) is 4.94. The van der Waals surface area contributed by atoms with Crippen molar-refractivity contribution in [2.45, 2.75) is 26.2 Å². The summed E-state index contributed by atoms with van der Waals surface area (Å²) in [5.74, 6) is 0. The highest BCUT2D eigenvalue weighted by atomic mass is 79.9. The predicted molar refractivity (Wildman–Crippen MR) is 156 cm³/mol. The van der Waals surface area contributed by atoms with E-state index in [1.165, 1.54) is 32.9 Å². The van der Waals surface area contributed by atoms with Gasteiger partial charge in [-0.05, 0) is 76.7 Å². The van der Waals surface area contributed by atoms with Gasteiger partial charge >= 0.3 is 0 Å². The molecule has 0 N–H and O–H groups in total. The van der Waals surface area contributed by atoms with E-state index in [1.54, 1.807) is 0 Å². The van der Waals surface area contributed by atoms with Gasteiger partial charge in [0.2, 0.25) is 0 Å². The lowest BCUT2D eigenvalue weighted by Crippen LogP contribution is -2.11. The van der Waals surface area contributed by atoms with Gasteiger partial charge in [-0.1, -0.05) is 85.2 Å². The molecule has 0 spiro atoms. The van der Waals surface area contributed by atoms with Crippen LogP contribution in [-0.2, 0) is 5.41 Å². The molecule has 3 heteroatoms. The molecule has 0 fully saturated rings. The lowest BCUT2D eigenvalue weighted by Gasteiger charge is -2.20. The topological polar surface area (TPSA) is 17.8 Å². The predicted octanol–water partition coefficient (Wildman–Crippen LogP) is 9.57. The zero-order valence-electron chi connectivity index (χ0n) is 20.7. The molecule has 0 amide bonds. The normalized spacial score (nSPS) is 11.9. The van der Waals surface area contributed by atoms with Crippen molar-refractivity contribution in [3.63, 3.8) is 0 Å². The van der Waals surface area contributed by atoms with Crippen LogP contribution in [0.1, 0.15) is 26.3 Å². The first-order valence-electron chi connectivity index (χ1n) is 12.2. The van der Waals surface area contributed by atoms with Gasteiger partial charge in [0.05, 0.1) is 16.7 Å². The highest BCUT2D eigenvalue weighted by molar-refractivity contribution is 9.10. The summed E-state index contributed by atoms with van der Waals surface area (Å²) < 4.78 is 3.43. The molecule has 0 saturated carbocycles. The molecule has 0 aliphatic heterocycles. The first-order valence-corrected chi connectivity index (χ1v) is 13.0. The Hall–Kier alpha value is -3.69. The van der Waals surface area contributed by atoms with E-state index in [1.807, 2.05) is 6.20 Å². The first-order chi connectivity index (χ1) is 17.4. The van der Waals surface area contributed by atoms with E-state index in [9.17, 15) is 0 Å². The number of hydrogen-bond acceptors (Lipinski definition) is 1. The van der Waals surface area contributed by atoms with Crippen LogP contribution in [0, 0.1) is 0 Å². The van der Waals surface area contributed by atoms with Crippen LogP contribution in [0.3, 0.4) is 0 Å². The minimum Gasteiger partial charge on any atom is -0.309 e. The standard InChI is InChI=1S/C33H27BrN2/c1-33(2,3)25-18-24(19-26(34)21-25)30-20-23(16-17-35-30)22-12-14-27(15-13-22)36-31-10-6-4-8-28(31)29-9-5-7-11-32(29)36/h4-21H,1-3H3. The fraction of sp³-hybridized carbons (Fsp3) is 0.121. The summed E-state index contributed by atoms with van der Waals surface area (Å²) in [4.78, 5) is 4.70. The Balaban J connectivity index is 1.40. The van der Waals surface area contributed by atoms with Gasteiger partial charge in [-0.15, -0.1) is 0 Å². The third-order valence-electron chi connectivity index (χ3n) is 6.86.